The second-order valence-electron chi connectivity index (χ2n) is 6.61. The van der Waals surface area contributed by atoms with Gasteiger partial charge >= 0.3 is 0 Å². The van der Waals surface area contributed by atoms with E-state index in [-0.39, 0.29) is 5.54 Å². The van der Waals surface area contributed by atoms with Crippen molar-refractivity contribution in [2.24, 2.45) is 4.99 Å². The molecular weight excluding hydrogens is 302 g/mol. The molecule has 0 amide bonds. The molecule has 0 spiro atoms. The van der Waals surface area contributed by atoms with Crippen molar-refractivity contribution >= 4 is 11.8 Å². The monoisotopic (exact) mass is 325 g/mol. The van der Waals surface area contributed by atoms with Crippen molar-refractivity contribution in [3.63, 3.8) is 0 Å². The smallest absolute Gasteiger partial charge is 0.0740 e. The first-order valence-corrected chi connectivity index (χ1v) is 8.58. The molecule has 0 heterocycles. The van der Waals surface area contributed by atoms with Crippen LogP contribution in [0.1, 0.15) is 30.5 Å². The average molecular weight is 325 g/mol. The van der Waals surface area contributed by atoms with Crippen LogP contribution in [-0.2, 0) is 0 Å². The zero-order valence-electron chi connectivity index (χ0n) is 14.8. The van der Waals surface area contributed by atoms with Crippen LogP contribution in [0.2, 0.25) is 0 Å². The number of nitrogens with zero attached hydrogens (tertiary/aromatic N) is 1. The van der Waals surface area contributed by atoms with Crippen molar-refractivity contribution in [2.75, 3.05) is 0 Å². The van der Waals surface area contributed by atoms with Crippen molar-refractivity contribution in [1.29, 1.82) is 0 Å². The number of rotatable bonds is 5. The first kappa shape index (κ1) is 16.9. The van der Waals surface area contributed by atoms with E-state index in [4.69, 9.17) is 4.99 Å². The van der Waals surface area contributed by atoms with Crippen LogP contribution >= 0.6 is 0 Å². The van der Waals surface area contributed by atoms with Gasteiger partial charge in [0.05, 0.1) is 5.54 Å². The van der Waals surface area contributed by atoms with Crippen molar-refractivity contribution in [3.8, 4) is 0 Å². The van der Waals surface area contributed by atoms with Gasteiger partial charge in [-0.3, -0.25) is 4.99 Å². The van der Waals surface area contributed by atoms with E-state index in [0.717, 1.165) is 5.56 Å². The van der Waals surface area contributed by atoms with E-state index in [1.807, 2.05) is 36.5 Å². The molecule has 0 radical (unpaired) electrons. The molecule has 3 aromatic carbocycles. The Labute approximate surface area is 150 Å². The molecule has 3 rings (SSSR count). The van der Waals surface area contributed by atoms with Gasteiger partial charge in [0.25, 0.3) is 0 Å². The third-order valence-corrected chi connectivity index (χ3v) is 4.01. The molecule has 0 aromatic heterocycles. The Balaban J connectivity index is 1.98. The lowest BCUT2D eigenvalue weighted by atomic mass is 9.92. The molecule has 1 heteroatoms. The number of hydrogen-bond acceptors (Lipinski definition) is 1. The van der Waals surface area contributed by atoms with Gasteiger partial charge in [-0.15, -0.1) is 0 Å². The van der Waals surface area contributed by atoms with Crippen LogP contribution in [0.5, 0.6) is 0 Å². The topological polar surface area (TPSA) is 12.4 Å². The number of benzene rings is 3. The lowest BCUT2D eigenvalue weighted by Crippen LogP contribution is -2.14. The highest BCUT2D eigenvalue weighted by molar-refractivity contribution is 5.82. The Kier molecular flexibility index (Phi) is 5.25. The van der Waals surface area contributed by atoms with Gasteiger partial charge in [0.2, 0.25) is 0 Å². The lowest BCUT2D eigenvalue weighted by Gasteiger charge is -2.18. The maximum absolute atomic E-state index is 4.82. The first-order chi connectivity index (χ1) is 12.1. The molecule has 0 atom stereocenters. The molecule has 3 aromatic rings. The molecule has 1 nitrogen and oxygen atoms in total. The molecule has 0 saturated heterocycles. The lowest BCUT2D eigenvalue weighted by molar-refractivity contribution is 0.662. The van der Waals surface area contributed by atoms with Crippen molar-refractivity contribution in [1.82, 2.24) is 0 Å². The summed E-state index contributed by atoms with van der Waals surface area (Å²) in [5, 5.41) is 0. The zero-order chi connectivity index (χ0) is 17.5. The Morgan fingerprint density at radius 3 is 1.60 bits per heavy atom. The number of aliphatic imine (C=N–C) groups is 1. The molecule has 0 bridgehead atoms. The van der Waals surface area contributed by atoms with Crippen LogP contribution in [0.3, 0.4) is 0 Å². The van der Waals surface area contributed by atoms with Crippen LogP contribution in [0.15, 0.2) is 102 Å². The van der Waals surface area contributed by atoms with Gasteiger partial charge in [0, 0.05) is 6.21 Å². The highest BCUT2D eigenvalue weighted by Crippen LogP contribution is 2.27. The van der Waals surface area contributed by atoms with Crippen LogP contribution in [0.25, 0.3) is 5.57 Å². The van der Waals surface area contributed by atoms with E-state index in [0.29, 0.717) is 0 Å². The summed E-state index contributed by atoms with van der Waals surface area (Å²) in [7, 11) is 0. The average Bonchev–Trinajstić information content (AvgIpc) is 2.67. The van der Waals surface area contributed by atoms with Crippen LogP contribution in [-0.4, -0.2) is 11.8 Å². The fourth-order valence-corrected chi connectivity index (χ4v) is 2.74. The summed E-state index contributed by atoms with van der Waals surface area (Å²) in [6.07, 6.45) is 4.20. The van der Waals surface area contributed by atoms with Crippen LogP contribution in [0, 0.1) is 0 Å². The highest BCUT2D eigenvalue weighted by Gasteiger charge is 2.15. The molecule has 0 saturated carbocycles. The largest absolute Gasteiger partial charge is 0.282 e. The van der Waals surface area contributed by atoms with Gasteiger partial charge < -0.3 is 0 Å². The molecule has 0 aliphatic carbocycles. The fourth-order valence-electron chi connectivity index (χ4n) is 2.74. The van der Waals surface area contributed by atoms with E-state index in [2.05, 4.69) is 80.6 Å². The van der Waals surface area contributed by atoms with Gasteiger partial charge in [-0.05, 0) is 42.2 Å². The summed E-state index contributed by atoms with van der Waals surface area (Å²) in [5.74, 6) is 0. The Bertz CT molecular complexity index is 803. The van der Waals surface area contributed by atoms with Crippen LogP contribution in [0.4, 0.5) is 0 Å². The van der Waals surface area contributed by atoms with E-state index in [1.165, 1.54) is 16.7 Å². The van der Waals surface area contributed by atoms with E-state index < -0.39 is 0 Å². The fraction of sp³-hybridized carbons (Fsp3) is 0.125. The summed E-state index contributed by atoms with van der Waals surface area (Å²) < 4.78 is 0. The predicted molar refractivity (Wildman–Crippen MR) is 108 cm³/mol. The van der Waals surface area contributed by atoms with Gasteiger partial charge in [0.1, 0.15) is 0 Å². The minimum Gasteiger partial charge on any atom is -0.282 e. The zero-order valence-corrected chi connectivity index (χ0v) is 14.8. The predicted octanol–water partition coefficient (Wildman–Crippen LogP) is 6.02. The minimum absolute atomic E-state index is 0.309. The van der Waals surface area contributed by atoms with Crippen molar-refractivity contribution in [2.45, 2.75) is 19.4 Å². The molecule has 25 heavy (non-hydrogen) atoms. The second-order valence-corrected chi connectivity index (χ2v) is 6.61. The van der Waals surface area contributed by atoms with Crippen molar-refractivity contribution < 1.29 is 0 Å². The molecule has 124 valence electrons. The van der Waals surface area contributed by atoms with Gasteiger partial charge in [-0.1, -0.05) is 91.0 Å². The maximum Gasteiger partial charge on any atom is 0.0740 e. The van der Waals surface area contributed by atoms with Crippen LogP contribution < -0.4 is 0 Å². The summed E-state index contributed by atoms with van der Waals surface area (Å²) in [5.41, 5.74) is 4.42. The van der Waals surface area contributed by atoms with Crippen molar-refractivity contribution in [3.05, 3.63) is 114 Å². The Morgan fingerprint density at radius 1 is 0.680 bits per heavy atom. The summed E-state index contributed by atoms with van der Waals surface area (Å²) in [6.45, 7) is 4.27. The minimum atomic E-state index is -0.309. The molecule has 0 unspecified atom stereocenters. The standard InChI is InChI=1S/C24H23N/c1-24(2,25-19-20-12-6-3-7-13-20)18-23(21-14-8-4-9-15-21)22-16-10-5-11-17-22/h3-19H,1-2H3. The Hall–Kier alpha value is -2.93. The molecule has 0 aliphatic rings. The van der Waals surface area contributed by atoms with Gasteiger partial charge in [-0.2, -0.15) is 0 Å². The molecule has 0 fully saturated rings. The summed E-state index contributed by atoms with van der Waals surface area (Å²) >= 11 is 0. The quantitative estimate of drug-likeness (QED) is 0.509. The Morgan fingerprint density at radius 2 is 1.12 bits per heavy atom. The summed E-state index contributed by atoms with van der Waals surface area (Å²) in [4.78, 5) is 4.82. The van der Waals surface area contributed by atoms with Gasteiger partial charge in [-0.25, -0.2) is 0 Å². The normalized spacial score (nSPS) is 11.4. The van der Waals surface area contributed by atoms with E-state index >= 15 is 0 Å². The first-order valence-electron chi connectivity index (χ1n) is 8.58. The summed E-state index contributed by atoms with van der Waals surface area (Å²) in [6, 6.07) is 31.2. The molecule has 0 aliphatic heterocycles. The maximum atomic E-state index is 4.82. The molecular formula is C24H23N. The number of hydrogen-bond donors (Lipinski definition) is 0. The van der Waals surface area contributed by atoms with E-state index in [1.54, 1.807) is 0 Å². The SMILES string of the molecule is CC(C)(C=C(c1ccccc1)c1ccccc1)N=Cc1ccccc1. The second kappa shape index (κ2) is 7.76. The van der Waals surface area contributed by atoms with E-state index in [9.17, 15) is 0 Å². The third kappa shape index (κ3) is 4.77. The highest BCUT2D eigenvalue weighted by atomic mass is 14.8. The van der Waals surface area contributed by atoms with Gasteiger partial charge in [0.15, 0.2) is 0 Å². The third-order valence-electron chi connectivity index (χ3n) is 4.01. The molecule has 0 N–H and O–H groups in total.